The summed E-state index contributed by atoms with van der Waals surface area (Å²) in [5.41, 5.74) is 6.09. The van der Waals surface area contributed by atoms with Crippen LogP contribution < -0.4 is 14.5 Å². The lowest BCUT2D eigenvalue weighted by atomic mass is 9.94. The van der Waals surface area contributed by atoms with E-state index in [1.54, 1.807) is 12.0 Å². The first kappa shape index (κ1) is 22.9. The molecule has 180 valence electrons. The van der Waals surface area contributed by atoms with Crippen molar-refractivity contribution >= 4 is 23.5 Å². The molecule has 3 heterocycles. The third-order valence-corrected chi connectivity index (χ3v) is 7.16. The van der Waals surface area contributed by atoms with Gasteiger partial charge in [0, 0.05) is 37.4 Å². The number of methoxy groups -OCH3 is 1. The highest BCUT2D eigenvalue weighted by Gasteiger charge is 2.33. The Hall–Kier alpha value is -3.86. The second-order valence-electron chi connectivity index (χ2n) is 9.11. The van der Waals surface area contributed by atoms with Crippen LogP contribution in [0.15, 0.2) is 36.9 Å². The molecule has 1 saturated heterocycles. The topological polar surface area (TPSA) is 85.6 Å². The van der Waals surface area contributed by atoms with Gasteiger partial charge in [0.15, 0.2) is 0 Å². The third-order valence-electron chi connectivity index (χ3n) is 7.16. The van der Waals surface area contributed by atoms with Crippen molar-refractivity contribution in [2.75, 3.05) is 43.1 Å². The number of ether oxygens (including phenoxy) is 1. The van der Waals surface area contributed by atoms with Crippen molar-refractivity contribution < 1.29 is 9.53 Å². The SMILES string of the molecule is C=CC(=O)N1CCN(c2nc(OC)nc3c2CCN(c2cccc4c2CCC=C4)C3)CC1CC#N. The zero-order chi connectivity index (χ0) is 24.4. The van der Waals surface area contributed by atoms with Crippen LogP contribution in [0.1, 0.15) is 35.2 Å². The van der Waals surface area contributed by atoms with E-state index in [4.69, 9.17) is 14.7 Å². The quantitative estimate of drug-likeness (QED) is 0.621. The number of nitriles is 1. The first-order chi connectivity index (χ1) is 17.1. The van der Waals surface area contributed by atoms with Gasteiger partial charge in [-0.15, -0.1) is 0 Å². The summed E-state index contributed by atoms with van der Waals surface area (Å²) in [6.45, 7) is 6.89. The first-order valence-corrected chi connectivity index (χ1v) is 12.1. The highest BCUT2D eigenvalue weighted by molar-refractivity contribution is 5.87. The molecule has 1 unspecified atom stereocenters. The maximum atomic E-state index is 12.3. The summed E-state index contributed by atoms with van der Waals surface area (Å²) >= 11 is 0. The number of carbonyl (C=O) groups is 1. The summed E-state index contributed by atoms with van der Waals surface area (Å²) in [4.78, 5) is 28.1. The van der Waals surface area contributed by atoms with Crippen LogP contribution in [0.5, 0.6) is 6.01 Å². The molecule has 1 aliphatic carbocycles. The molecule has 0 bridgehead atoms. The minimum absolute atomic E-state index is 0.135. The normalized spacial score (nSPS) is 19.0. The van der Waals surface area contributed by atoms with Gasteiger partial charge < -0.3 is 19.4 Å². The molecule has 0 N–H and O–H groups in total. The maximum Gasteiger partial charge on any atom is 0.318 e. The minimum Gasteiger partial charge on any atom is -0.467 e. The van der Waals surface area contributed by atoms with Crippen LogP contribution in [0.3, 0.4) is 0 Å². The molecule has 2 aromatic rings. The molecule has 0 radical (unpaired) electrons. The molecular formula is C27H30N6O2. The van der Waals surface area contributed by atoms with Crippen molar-refractivity contribution in [1.29, 1.82) is 5.26 Å². The number of amides is 1. The van der Waals surface area contributed by atoms with E-state index in [1.165, 1.54) is 22.9 Å². The van der Waals surface area contributed by atoms with Gasteiger partial charge in [-0.2, -0.15) is 15.2 Å². The fourth-order valence-electron chi connectivity index (χ4n) is 5.44. The second-order valence-corrected chi connectivity index (χ2v) is 9.11. The Bertz CT molecular complexity index is 1220. The lowest BCUT2D eigenvalue weighted by Gasteiger charge is -2.42. The van der Waals surface area contributed by atoms with Crippen molar-refractivity contribution in [3.05, 3.63) is 59.3 Å². The summed E-state index contributed by atoms with van der Waals surface area (Å²) in [5, 5.41) is 9.36. The van der Waals surface area contributed by atoms with Crippen LogP contribution in [0.2, 0.25) is 0 Å². The van der Waals surface area contributed by atoms with E-state index in [2.05, 4.69) is 52.8 Å². The largest absolute Gasteiger partial charge is 0.467 e. The zero-order valence-corrected chi connectivity index (χ0v) is 20.1. The lowest BCUT2D eigenvalue weighted by Crippen LogP contribution is -2.55. The molecule has 1 aromatic carbocycles. The van der Waals surface area contributed by atoms with Crippen molar-refractivity contribution in [2.24, 2.45) is 0 Å². The van der Waals surface area contributed by atoms with Crippen LogP contribution in [0, 0.1) is 11.3 Å². The molecule has 1 atom stereocenters. The molecule has 3 aliphatic rings. The summed E-state index contributed by atoms with van der Waals surface area (Å²) < 4.78 is 5.49. The number of allylic oxidation sites excluding steroid dienone is 1. The highest BCUT2D eigenvalue weighted by atomic mass is 16.5. The number of anilines is 2. The second kappa shape index (κ2) is 9.79. The van der Waals surface area contributed by atoms with Crippen molar-refractivity contribution in [3.63, 3.8) is 0 Å². The molecule has 35 heavy (non-hydrogen) atoms. The molecule has 0 spiro atoms. The Labute approximate surface area is 206 Å². The molecule has 1 aromatic heterocycles. The summed E-state index contributed by atoms with van der Waals surface area (Å²) in [5.74, 6) is 0.724. The molecule has 2 aliphatic heterocycles. The van der Waals surface area contributed by atoms with E-state index < -0.39 is 0 Å². The predicted molar refractivity (Wildman–Crippen MR) is 135 cm³/mol. The average molecular weight is 471 g/mol. The molecule has 1 amide bonds. The van der Waals surface area contributed by atoms with Gasteiger partial charge in [0.05, 0.1) is 37.9 Å². The fraction of sp³-hybridized carbons (Fsp3) is 0.407. The van der Waals surface area contributed by atoms with Crippen LogP contribution >= 0.6 is 0 Å². The van der Waals surface area contributed by atoms with Crippen LogP contribution in [-0.4, -0.2) is 60.1 Å². The predicted octanol–water partition coefficient (Wildman–Crippen LogP) is 3.12. The van der Waals surface area contributed by atoms with Crippen molar-refractivity contribution in [3.8, 4) is 12.1 Å². The zero-order valence-electron chi connectivity index (χ0n) is 20.1. The van der Waals surface area contributed by atoms with Crippen molar-refractivity contribution in [1.82, 2.24) is 14.9 Å². The maximum absolute atomic E-state index is 12.3. The smallest absolute Gasteiger partial charge is 0.318 e. The van der Waals surface area contributed by atoms with E-state index in [0.717, 1.165) is 42.9 Å². The number of rotatable bonds is 5. The summed E-state index contributed by atoms with van der Waals surface area (Å²) in [7, 11) is 1.59. The summed E-state index contributed by atoms with van der Waals surface area (Å²) in [6, 6.07) is 8.89. The number of benzene rings is 1. The van der Waals surface area contributed by atoms with Crippen LogP contribution in [-0.2, 0) is 24.2 Å². The molecular weight excluding hydrogens is 440 g/mol. The first-order valence-electron chi connectivity index (χ1n) is 12.1. The van der Waals surface area contributed by atoms with Gasteiger partial charge in [-0.25, -0.2) is 0 Å². The monoisotopic (exact) mass is 470 g/mol. The van der Waals surface area contributed by atoms with Crippen LogP contribution in [0.4, 0.5) is 11.5 Å². The number of hydrogen-bond acceptors (Lipinski definition) is 7. The van der Waals surface area contributed by atoms with E-state index >= 15 is 0 Å². The van der Waals surface area contributed by atoms with E-state index in [-0.39, 0.29) is 18.4 Å². The standard InChI is InChI=1S/C27H30N6O2/c1-3-25(34)33-16-15-32(17-20(33)11-13-28)26-22-12-14-31(18-23(22)29-27(30-26)35-2)24-10-6-8-19-7-4-5-9-21(19)24/h3-4,6-8,10,20H,1,5,9,11-12,14-18H2,2H3. The van der Waals surface area contributed by atoms with Gasteiger partial charge in [-0.3, -0.25) is 4.79 Å². The van der Waals surface area contributed by atoms with Gasteiger partial charge in [-0.05, 0) is 42.5 Å². The number of nitrogens with zero attached hydrogens (tertiary/aromatic N) is 6. The number of fused-ring (bicyclic) bond motifs is 2. The summed E-state index contributed by atoms with van der Waals surface area (Å²) in [6.07, 6.45) is 8.99. The number of carbonyl (C=O) groups excluding carboxylic acids is 1. The highest BCUT2D eigenvalue weighted by Crippen LogP contribution is 2.35. The molecule has 8 heteroatoms. The molecule has 8 nitrogen and oxygen atoms in total. The minimum atomic E-state index is -0.208. The van der Waals surface area contributed by atoms with Gasteiger partial charge in [-0.1, -0.05) is 30.9 Å². The van der Waals surface area contributed by atoms with Crippen molar-refractivity contribution in [2.45, 2.75) is 38.3 Å². The molecule has 1 fully saturated rings. The van der Waals surface area contributed by atoms with Gasteiger partial charge in [0.25, 0.3) is 0 Å². The Kier molecular flexibility index (Phi) is 6.41. The number of piperazine rings is 1. The number of aromatic nitrogens is 2. The van der Waals surface area contributed by atoms with Gasteiger partial charge >= 0.3 is 6.01 Å². The Morgan fingerprint density at radius 2 is 2.11 bits per heavy atom. The Morgan fingerprint density at radius 3 is 2.91 bits per heavy atom. The average Bonchev–Trinajstić information content (AvgIpc) is 2.91. The number of hydrogen-bond donors (Lipinski definition) is 0. The Morgan fingerprint density at radius 1 is 1.23 bits per heavy atom. The van der Waals surface area contributed by atoms with Gasteiger partial charge in [0.2, 0.25) is 5.91 Å². The Balaban J connectivity index is 1.45. The third kappa shape index (κ3) is 4.34. The van der Waals surface area contributed by atoms with E-state index in [0.29, 0.717) is 32.2 Å². The molecule has 5 rings (SSSR count). The van der Waals surface area contributed by atoms with E-state index in [9.17, 15) is 10.1 Å². The van der Waals surface area contributed by atoms with Crippen LogP contribution in [0.25, 0.3) is 6.08 Å². The fourth-order valence-corrected chi connectivity index (χ4v) is 5.44. The van der Waals surface area contributed by atoms with E-state index in [1.807, 2.05) is 0 Å². The lowest BCUT2D eigenvalue weighted by molar-refractivity contribution is -0.128. The van der Waals surface area contributed by atoms with Gasteiger partial charge in [0.1, 0.15) is 5.82 Å². The molecule has 0 saturated carbocycles.